The number of ether oxygens (including phenoxy) is 1. The molecule has 9 heteroatoms. The van der Waals surface area contributed by atoms with E-state index in [1.54, 1.807) is 0 Å². The van der Waals surface area contributed by atoms with Crippen molar-refractivity contribution in [3.8, 4) is 0 Å². The first kappa shape index (κ1) is 15.8. The van der Waals surface area contributed by atoms with Crippen LogP contribution in [0, 0.1) is 0 Å². The number of nitrogens with one attached hydrogen (secondary N) is 1. The molecular formula is C8H15NO7S. The van der Waals surface area contributed by atoms with Crippen molar-refractivity contribution in [3.63, 3.8) is 0 Å². The highest BCUT2D eigenvalue weighted by Gasteiger charge is 2.24. The van der Waals surface area contributed by atoms with Crippen LogP contribution < -0.4 is 4.72 Å². The van der Waals surface area contributed by atoms with Crippen molar-refractivity contribution in [2.75, 3.05) is 19.5 Å². The van der Waals surface area contributed by atoms with E-state index in [1.807, 2.05) is 4.72 Å². The number of carbonyl (C=O) groups is 2. The Hall–Kier alpha value is -1.19. The van der Waals surface area contributed by atoms with Gasteiger partial charge in [-0.3, -0.25) is 9.59 Å². The molecule has 0 amide bonds. The summed E-state index contributed by atoms with van der Waals surface area (Å²) in [5.74, 6) is -2.97. The van der Waals surface area contributed by atoms with E-state index < -0.39 is 34.4 Å². The molecule has 0 aromatic rings. The molecule has 1 atom stereocenters. The van der Waals surface area contributed by atoms with Crippen molar-refractivity contribution in [2.24, 2.45) is 0 Å². The van der Waals surface area contributed by atoms with Gasteiger partial charge in [-0.2, -0.15) is 0 Å². The van der Waals surface area contributed by atoms with Crippen LogP contribution in [0.25, 0.3) is 0 Å². The van der Waals surface area contributed by atoms with Crippen LogP contribution >= 0.6 is 0 Å². The van der Waals surface area contributed by atoms with E-state index in [9.17, 15) is 18.0 Å². The van der Waals surface area contributed by atoms with Gasteiger partial charge >= 0.3 is 11.9 Å². The van der Waals surface area contributed by atoms with Crippen LogP contribution in [0.15, 0.2) is 0 Å². The van der Waals surface area contributed by atoms with E-state index in [0.717, 1.165) is 0 Å². The lowest BCUT2D eigenvalue weighted by Gasteiger charge is -2.13. The lowest BCUT2D eigenvalue weighted by molar-refractivity contribution is -0.140. The fraction of sp³-hybridized carbons (Fsp3) is 0.750. The van der Waals surface area contributed by atoms with E-state index in [0.29, 0.717) is 0 Å². The van der Waals surface area contributed by atoms with E-state index in [4.69, 9.17) is 10.2 Å². The third kappa shape index (κ3) is 7.66. The monoisotopic (exact) mass is 269 g/mol. The molecule has 3 N–H and O–H groups in total. The number of carboxylic acids is 2. The first-order valence-electron chi connectivity index (χ1n) is 4.72. The molecule has 0 aliphatic carbocycles. The molecule has 0 radical (unpaired) electrons. The van der Waals surface area contributed by atoms with Gasteiger partial charge < -0.3 is 14.9 Å². The smallest absolute Gasteiger partial charge is 0.321 e. The van der Waals surface area contributed by atoms with Gasteiger partial charge in [0.05, 0.1) is 12.4 Å². The summed E-state index contributed by atoms with van der Waals surface area (Å²) in [5.41, 5.74) is 0. The summed E-state index contributed by atoms with van der Waals surface area (Å²) in [4.78, 5) is 21.0. The molecule has 17 heavy (non-hydrogen) atoms. The highest BCUT2D eigenvalue weighted by Crippen LogP contribution is 2.00. The van der Waals surface area contributed by atoms with Crippen LogP contribution in [0.4, 0.5) is 0 Å². The van der Waals surface area contributed by atoms with Gasteiger partial charge in [0.1, 0.15) is 6.04 Å². The van der Waals surface area contributed by atoms with E-state index in [1.165, 1.54) is 7.11 Å². The Bertz CT molecular complexity index is 364. The Kier molecular flexibility index (Phi) is 6.69. The predicted octanol–water partition coefficient (Wildman–Crippen LogP) is -1.13. The second-order valence-corrected chi connectivity index (χ2v) is 5.13. The van der Waals surface area contributed by atoms with Crippen LogP contribution in [0.3, 0.4) is 0 Å². The van der Waals surface area contributed by atoms with Gasteiger partial charge in [0.25, 0.3) is 0 Å². The highest BCUT2D eigenvalue weighted by molar-refractivity contribution is 7.89. The highest BCUT2D eigenvalue weighted by atomic mass is 32.2. The molecule has 0 aromatic carbocycles. The quantitative estimate of drug-likeness (QED) is 0.482. The van der Waals surface area contributed by atoms with Crippen LogP contribution in [-0.2, 0) is 24.3 Å². The molecule has 0 aliphatic heterocycles. The van der Waals surface area contributed by atoms with Gasteiger partial charge in [0.2, 0.25) is 10.0 Å². The van der Waals surface area contributed by atoms with Crippen molar-refractivity contribution in [1.82, 2.24) is 4.72 Å². The predicted molar refractivity (Wildman–Crippen MR) is 57.1 cm³/mol. The van der Waals surface area contributed by atoms with Crippen molar-refractivity contribution in [3.05, 3.63) is 0 Å². The number of sulfonamides is 1. The van der Waals surface area contributed by atoms with E-state index in [-0.39, 0.29) is 18.8 Å². The van der Waals surface area contributed by atoms with Crippen molar-refractivity contribution < 1.29 is 33.0 Å². The van der Waals surface area contributed by atoms with Crippen LogP contribution in [0.1, 0.15) is 12.8 Å². The number of carboxylic acid groups (broad SMARTS) is 2. The van der Waals surface area contributed by atoms with Crippen LogP contribution in [0.2, 0.25) is 0 Å². The molecule has 1 unspecified atom stereocenters. The third-order valence-electron chi connectivity index (χ3n) is 1.82. The van der Waals surface area contributed by atoms with E-state index in [2.05, 4.69) is 4.74 Å². The summed E-state index contributed by atoms with van der Waals surface area (Å²) in [6, 6.07) is -1.44. The number of methoxy groups -OCH3 is 1. The molecule has 0 rings (SSSR count). The lowest BCUT2D eigenvalue weighted by atomic mass is 10.2. The Morgan fingerprint density at radius 3 is 2.35 bits per heavy atom. The van der Waals surface area contributed by atoms with Gasteiger partial charge in [-0.05, 0) is 6.42 Å². The normalized spacial score (nSPS) is 13.2. The van der Waals surface area contributed by atoms with Crippen molar-refractivity contribution in [2.45, 2.75) is 18.9 Å². The molecule has 0 aromatic heterocycles. The largest absolute Gasteiger partial charge is 0.481 e. The first-order chi connectivity index (χ1) is 7.78. The second-order valence-electron chi connectivity index (χ2n) is 3.25. The summed E-state index contributed by atoms with van der Waals surface area (Å²) >= 11 is 0. The number of hydrogen-bond donors (Lipinski definition) is 3. The summed E-state index contributed by atoms with van der Waals surface area (Å²) in [5, 5.41) is 17.1. The van der Waals surface area contributed by atoms with Gasteiger partial charge in [0.15, 0.2) is 0 Å². The van der Waals surface area contributed by atoms with E-state index >= 15 is 0 Å². The molecule has 100 valence electrons. The molecule has 0 heterocycles. The fourth-order valence-electron chi connectivity index (χ4n) is 0.969. The lowest BCUT2D eigenvalue weighted by Crippen LogP contribution is -2.42. The SMILES string of the molecule is COCCS(=O)(=O)NC(CCC(=O)O)C(=O)O. The maximum Gasteiger partial charge on any atom is 0.321 e. The minimum atomic E-state index is -3.78. The topological polar surface area (TPSA) is 130 Å². The second kappa shape index (κ2) is 7.20. The Morgan fingerprint density at radius 1 is 1.35 bits per heavy atom. The summed E-state index contributed by atoms with van der Waals surface area (Å²) in [6.45, 7) is -0.0688. The number of rotatable bonds is 9. The molecule has 8 nitrogen and oxygen atoms in total. The molecule has 0 saturated heterocycles. The maximum absolute atomic E-state index is 11.3. The zero-order chi connectivity index (χ0) is 13.5. The maximum atomic E-state index is 11.3. The summed E-state index contributed by atoms with van der Waals surface area (Å²) in [7, 11) is -2.47. The summed E-state index contributed by atoms with van der Waals surface area (Å²) < 4.78 is 29.2. The molecular weight excluding hydrogens is 254 g/mol. The minimum absolute atomic E-state index is 0.0688. The Labute approximate surface area is 98.6 Å². The van der Waals surface area contributed by atoms with Gasteiger partial charge in [-0.15, -0.1) is 0 Å². The van der Waals surface area contributed by atoms with Gasteiger partial charge in [0, 0.05) is 13.5 Å². The van der Waals surface area contributed by atoms with Gasteiger partial charge in [-0.1, -0.05) is 0 Å². The minimum Gasteiger partial charge on any atom is -0.481 e. The zero-order valence-electron chi connectivity index (χ0n) is 9.25. The molecule has 0 spiro atoms. The fourth-order valence-corrected chi connectivity index (χ4v) is 2.13. The van der Waals surface area contributed by atoms with Crippen molar-refractivity contribution in [1.29, 1.82) is 0 Å². The molecule has 0 bridgehead atoms. The average Bonchev–Trinajstić information content (AvgIpc) is 2.20. The average molecular weight is 269 g/mol. The third-order valence-corrected chi connectivity index (χ3v) is 3.17. The zero-order valence-corrected chi connectivity index (χ0v) is 10.1. The van der Waals surface area contributed by atoms with Crippen LogP contribution in [-0.4, -0.2) is 56.1 Å². The molecule has 0 fully saturated rings. The number of aliphatic carboxylic acids is 2. The first-order valence-corrected chi connectivity index (χ1v) is 6.37. The number of hydrogen-bond acceptors (Lipinski definition) is 5. The summed E-state index contributed by atoms with van der Waals surface area (Å²) in [6.07, 6.45) is -0.735. The van der Waals surface area contributed by atoms with Crippen LogP contribution in [0.5, 0.6) is 0 Å². The molecule has 0 saturated carbocycles. The van der Waals surface area contributed by atoms with Crippen molar-refractivity contribution >= 4 is 22.0 Å². The van der Waals surface area contributed by atoms with Gasteiger partial charge in [-0.25, -0.2) is 13.1 Å². The Balaban J connectivity index is 4.43. The Morgan fingerprint density at radius 2 is 1.94 bits per heavy atom. The molecule has 0 aliphatic rings. The standard InChI is InChI=1S/C8H15NO7S/c1-16-4-5-17(14,15)9-6(8(12)13)2-3-7(10)11/h6,9H,2-5H2,1H3,(H,10,11)(H,12,13).